The van der Waals surface area contributed by atoms with E-state index in [2.05, 4.69) is 15.3 Å². The Morgan fingerprint density at radius 3 is 2.61 bits per heavy atom. The lowest BCUT2D eigenvalue weighted by molar-refractivity contribution is -0.138. The minimum absolute atomic E-state index is 0.0873. The highest BCUT2D eigenvalue weighted by atomic mass is 19.4. The molecule has 2 aromatic heterocycles. The molecule has 0 spiro atoms. The number of aryl methyl sites for hydroxylation is 1. The second-order valence-corrected chi connectivity index (χ2v) is 7.92. The van der Waals surface area contributed by atoms with Crippen molar-refractivity contribution >= 4 is 16.8 Å². The number of hydrogen-bond acceptors (Lipinski definition) is 2. The summed E-state index contributed by atoms with van der Waals surface area (Å²) in [4.78, 5) is 20.1. The molecule has 2 heterocycles. The van der Waals surface area contributed by atoms with Gasteiger partial charge in [0.05, 0.1) is 5.56 Å². The molecule has 0 aliphatic rings. The summed E-state index contributed by atoms with van der Waals surface area (Å²) in [6.07, 6.45) is 1.15. The Morgan fingerprint density at radius 1 is 1.06 bits per heavy atom. The monoisotopic (exact) mass is 451 g/mol. The third-order valence-electron chi connectivity index (χ3n) is 5.83. The van der Waals surface area contributed by atoms with Crippen LogP contribution in [0, 0.1) is 0 Å². The Balaban J connectivity index is 1.73. The molecule has 0 aliphatic heterocycles. The van der Waals surface area contributed by atoms with Gasteiger partial charge in [-0.1, -0.05) is 49.4 Å². The van der Waals surface area contributed by atoms with Crippen LogP contribution in [0.2, 0.25) is 0 Å². The van der Waals surface area contributed by atoms with Crippen molar-refractivity contribution in [2.45, 2.75) is 38.4 Å². The summed E-state index contributed by atoms with van der Waals surface area (Å²) in [6.45, 7) is 2.28. The standard InChI is InChI=1S/C26H24F3N3O/c1-2-18-8-5-10-20-22(16-32-25(18)20)21(19-9-3-4-11-23(19)26(27,28)29)13-24(33)31-15-17-7-6-12-30-14-17/h3-12,14,16,21,32H,2,13,15H2,1H3,(H,31,33)/t21-/m1/s1. The zero-order valence-corrected chi connectivity index (χ0v) is 18.1. The zero-order valence-electron chi connectivity index (χ0n) is 18.1. The van der Waals surface area contributed by atoms with E-state index in [1.54, 1.807) is 30.7 Å². The normalized spacial score (nSPS) is 12.6. The molecule has 4 aromatic rings. The summed E-state index contributed by atoms with van der Waals surface area (Å²) in [6, 6.07) is 14.9. The van der Waals surface area contributed by atoms with Crippen molar-refractivity contribution in [2.75, 3.05) is 0 Å². The van der Waals surface area contributed by atoms with Crippen molar-refractivity contribution < 1.29 is 18.0 Å². The number of aromatic amines is 1. The van der Waals surface area contributed by atoms with Crippen LogP contribution >= 0.6 is 0 Å². The second-order valence-electron chi connectivity index (χ2n) is 7.92. The third kappa shape index (κ3) is 4.92. The van der Waals surface area contributed by atoms with Crippen LogP contribution in [-0.2, 0) is 23.9 Å². The average Bonchev–Trinajstić information content (AvgIpc) is 3.25. The van der Waals surface area contributed by atoms with Gasteiger partial charge >= 0.3 is 6.18 Å². The van der Waals surface area contributed by atoms with Crippen LogP contribution in [0.1, 0.15) is 47.1 Å². The molecule has 33 heavy (non-hydrogen) atoms. The molecular weight excluding hydrogens is 427 g/mol. The minimum atomic E-state index is -4.53. The number of rotatable bonds is 7. The first-order valence-electron chi connectivity index (χ1n) is 10.8. The van der Waals surface area contributed by atoms with E-state index in [1.807, 2.05) is 31.2 Å². The Morgan fingerprint density at radius 2 is 1.88 bits per heavy atom. The van der Waals surface area contributed by atoms with Gasteiger partial charge in [-0.25, -0.2) is 0 Å². The van der Waals surface area contributed by atoms with Gasteiger partial charge in [-0.2, -0.15) is 13.2 Å². The summed E-state index contributed by atoms with van der Waals surface area (Å²) >= 11 is 0. The fourth-order valence-electron chi connectivity index (χ4n) is 4.23. The van der Waals surface area contributed by atoms with Crippen LogP contribution in [0.25, 0.3) is 10.9 Å². The number of nitrogens with zero attached hydrogens (tertiary/aromatic N) is 1. The van der Waals surface area contributed by atoms with E-state index in [9.17, 15) is 18.0 Å². The number of benzene rings is 2. The van der Waals surface area contributed by atoms with Gasteiger partial charge in [-0.05, 0) is 40.8 Å². The number of para-hydroxylation sites is 1. The minimum Gasteiger partial charge on any atom is -0.361 e. The highest BCUT2D eigenvalue weighted by molar-refractivity contribution is 5.88. The van der Waals surface area contributed by atoms with Crippen molar-refractivity contribution in [3.8, 4) is 0 Å². The van der Waals surface area contributed by atoms with Crippen molar-refractivity contribution in [3.63, 3.8) is 0 Å². The second kappa shape index (κ2) is 9.48. The van der Waals surface area contributed by atoms with Gasteiger partial charge in [-0.15, -0.1) is 0 Å². The molecule has 0 saturated heterocycles. The van der Waals surface area contributed by atoms with E-state index in [4.69, 9.17) is 0 Å². The number of nitrogens with one attached hydrogen (secondary N) is 2. The molecule has 170 valence electrons. The van der Waals surface area contributed by atoms with Gasteiger partial charge < -0.3 is 10.3 Å². The van der Waals surface area contributed by atoms with E-state index >= 15 is 0 Å². The number of H-pyrrole nitrogens is 1. The molecule has 0 fully saturated rings. The molecule has 2 N–H and O–H groups in total. The van der Waals surface area contributed by atoms with E-state index in [-0.39, 0.29) is 24.4 Å². The highest BCUT2D eigenvalue weighted by Crippen LogP contribution is 2.41. The Labute approximate surface area is 189 Å². The van der Waals surface area contributed by atoms with Crippen LogP contribution < -0.4 is 5.32 Å². The molecule has 0 radical (unpaired) electrons. The average molecular weight is 451 g/mol. The molecule has 1 atom stereocenters. The fraction of sp³-hybridized carbons (Fsp3) is 0.231. The molecule has 0 saturated carbocycles. The number of carbonyl (C=O) groups is 1. The largest absolute Gasteiger partial charge is 0.416 e. The van der Waals surface area contributed by atoms with Crippen molar-refractivity contribution in [3.05, 3.63) is 101 Å². The Kier molecular flexibility index (Phi) is 6.49. The van der Waals surface area contributed by atoms with Crippen LogP contribution in [0.5, 0.6) is 0 Å². The van der Waals surface area contributed by atoms with Crippen molar-refractivity contribution in [1.29, 1.82) is 0 Å². The predicted octanol–water partition coefficient (Wildman–Crippen LogP) is 5.98. The fourth-order valence-corrected chi connectivity index (χ4v) is 4.23. The molecule has 0 aliphatic carbocycles. The molecule has 2 aromatic carbocycles. The van der Waals surface area contributed by atoms with Crippen molar-refractivity contribution in [2.24, 2.45) is 0 Å². The number of fused-ring (bicyclic) bond motifs is 1. The van der Waals surface area contributed by atoms with Gasteiger partial charge in [0.2, 0.25) is 5.91 Å². The van der Waals surface area contributed by atoms with Crippen LogP contribution in [0.15, 0.2) is 73.2 Å². The first-order chi connectivity index (χ1) is 15.9. The van der Waals surface area contributed by atoms with Gasteiger partial charge in [0, 0.05) is 48.4 Å². The predicted molar refractivity (Wildman–Crippen MR) is 122 cm³/mol. The molecular formula is C26H24F3N3O. The van der Waals surface area contributed by atoms with Gasteiger partial charge in [-0.3, -0.25) is 9.78 Å². The molecule has 7 heteroatoms. The summed E-state index contributed by atoms with van der Waals surface area (Å²) in [5.74, 6) is -1.10. The number of pyridine rings is 1. The molecule has 0 unspecified atom stereocenters. The van der Waals surface area contributed by atoms with Gasteiger partial charge in [0.1, 0.15) is 0 Å². The lowest BCUT2D eigenvalue weighted by Gasteiger charge is -2.22. The van der Waals surface area contributed by atoms with Crippen LogP contribution in [-0.4, -0.2) is 15.9 Å². The first kappa shape index (κ1) is 22.6. The van der Waals surface area contributed by atoms with E-state index in [1.165, 1.54) is 12.1 Å². The summed E-state index contributed by atoms with van der Waals surface area (Å²) < 4.78 is 41.6. The molecule has 0 bridgehead atoms. The maximum absolute atomic E-state index is 13.9. The SMILES string of the molecule is CCc1cccc2c([C@H](CC(=O)NCc3cccnc3)c3ccccc3C(F)(F)F)c[nH]c12. The topological polar surface area (TPSA) is 57.8 Å². The van der Waals surface area contributed by atoms with Crippen LogP contribution in [0.3, 0.4) is 0 Å². The van der Waals surface area contributed by atoms with E-state index in [0.29, 0.717) is 5.56 Å². The first-order valence-corrected chi connectivity index (χ1v) is 10.8. The van der Waals surface area contributed by atoms with Crippen molar-refractivity contribution in [1.82, 2.24) is 15.3 Å². The smallest absolute Gasteiger partial charge is 0.361 e. The quantitative estimate of drug-likeness (QED) is 0.363. The lowest BCUT2D eigenvalue weighted by Crippen LogP contribution is -2.25. The van der Waals surface area contributed by atoms with Gasteiger partial charge in [0.25, 0.3) is 0 Å². The van der Waals surface area contributed by atoms with E-state index in [0.717, 1.165) is 34.5 Å². The number of amides is 1. The summed E-state index contributed by atoms with van der Waals surface area (Å²) in [5.41, 5.74) is 2.81. The number of carbonyl (C=O) groups excluding carboxylic acids is 1. The highest BCUT2D eigenvalue weighted by Gasteiger charge is 2.36. The number of aromatic nitrogens is 2. The van der Waals surface area contributed by atoms with Gasteiger partial charge in [0.15, 0.2) is 0 Å². The maximum Gasteiger partial charge on any atom is 0.416 e. The molecule has 1 amide bonds. The third-order valence-corrected chi connectivity index (χ3v) is 5.83. The number of hydrogen-bond donors (Lipinski definition) is 2. The number of halogens is 3. The molecule has 4 nitrogen and oxygen atoms in total. The van der Waals surface area contributed by atoms with E-state index < -0.39 is 17.7 Å². The maximum atomic E-state index is 13.9. The van der Waals surface area contributed by atoms with Crippen LogP contribution in [0.4, 0.5) is 13.2 Å². The Bertz CT molecular complexity index is 1250. The number of alkyl halides is 3. The molecule has 4 rings (SSSR count). The summed E-state index contributed by atoms with van der Waals surface area (Å²) in [7, 11) is 0. The lowest BCUT2D eigenvalue weighted by atomic mass is 9.84. The Hall–Kier alpha value is -3.61. The summed E-state index contributed by atoms with van der Waals surface area (Å²) in [5, 5.41) is 3.65. The zero-order chi connectivity index (χ0) is 23.4.